The molecule has 0 bridgehead atoms. The molecule has 6 nitrogen and oxygen atoms in total. The Kier molecular flexibility index (Phi) is 5.85. The van der Waals surface area contributed by atoms with Crippen molar-refractivity contribution in [1.82, 2.24) is 4.37 Å². The topological polar surface area (TPSA) is 104 Å². The quantitative estimate of drug-likeness (QED) is 0.728. The average Bonchev–Trinajstić information content (AvgIpc) is 3.18. The molecular formula is C21H21F3N4O2S. The van der Waals surface area contributed by atoms with E-state index in [1.165, 1.54) is 11.5 Å². The lowest BCUT2D eigenvalue weighted by Crippen LogP contribution is -2.37. The van der Waals surface area contributed by atoms with Crippen LogP contribution in [0.1, 0.15) is 43.2 Å². The fourth-order valence-electron chi connectivity index (χ4n) is 3.98. The average molecular weight is 450 g/mol. The van der Waals surface area contributed by atoms with Crippen molar-refractivity contribution in [3.63, 3.8) is 0 Å². The molecule has 1 aliphatic carbocycles. The second-order valence-corrected chi connectivity index (χ2v) is 8.34. The van der Waals surface area contributed by atoms with Crippen LogP contribution in [-0.4, -0.2) is 28.1 Å². The molecule has 2 heterocycles. The van der Waals surface area contributed by atoms with Crippen molar-refractivity contribution in [3.8, 4) is 5.88 Å². The predicted octanol–water partition coefficient (Wildman–Crippen LogP) is 3.50. The number of carbonyl (C=O) groups is 1. The molecule has 0 radical (unpaired) electrons. The summed E-state index contributed by atoms with van der Waals surface area (Å²) >= 11 is 0.959. The Morgan fingerprint density at radius 1 is 1.26 bits per heavy atom. The van der Waals surface area contributed by atoms with Gasteiger partial charge in [0.05, 0.1) is 16.8 Å². The monoisotopic (exact) mass is 450 g/mol. The van der Waals surface area contributed by atoms with Crippen LogP contribution in [-0.2, 0) is 10.5 Å². The number of hydrogen-bond donors (Lipinski definition) is 2. The predicted molar refractivity (Wildman–Crippen MR) is 111 cm³/mol. The summed E-state index contributed by atoms with van der Waals surface area (Å²) in [4.78, 5) is 15.6. The van der Waals surface area contributed by atoms with Gasteiger partial charge in [-0.3, -0.25) is 4.79 Å². The molecule has 1 saturated carbocycles. The lowest BCUT2D eigenvalue weighted by molar-refractivity contribution is -0.114. The van der Waals surface area contributed by atoms with Gasteiger partial charge < -0.3 is 16.2 Å². The minimum atomic E-state index is -2.47. The van der Waals surface area contributed by atoms with Crippen LogP contribution in [0, 0.1) is 11.6 Å². The standard InChI is InChI=1S/C21H21F3N4O2S/c22-14-5-2-6-15(23)17(14)18-21(24,8-7-16(27-18)19(26)29)13-10-31-28-20(13)30-12-4-1-3-11(25)9-12/h2,5-7,10-12H,1,3-4,8-9,25H2,(H2,26,29). The zero-order chi connectivity index (χ0) is 22.2. The van der Waals surface area contributed by atoms with Gasteiger partial charge >= 0.3 is 0 Å². The summed E-state index contributed by atoms with van der Waals surface area (Å²) in [7, 11) is 0. The van der Waals surface area contributed by atoms with E-state index in [1.54, 1.807) is 0 Å². The number of alkyl halides is 1. The molecule has 3 atom stereocenters. The van der Waals surface area contributed by atoms with E-state index in [9.17, 15) is 13.6 Å². The molecule has 0 saturated heterocycles. The van der Waals surface area contributed by atoms with Crippen LogP contribution in [0.15, 0.2) is 40.3 Å². The fraction of sp³-hybridized carbons (Fsp3) is 0.381. The molecule has 31 heavy (non-hydrogen) atoms. The molecule has 1 fully saturated rings. The first kappa shape index (κ1) is 21.5. The van der Waals surface area contributed by atoms with Crippen molar-refractivity contribution in [2.75, 3.05) is 0 Å². The summed E-state index contributed by atoms with van der Waals surface area (Å²) in [6.07, 6.45) is 3.69. The molecule has 2 aromatic rings. The van der Waals surface area contributed by atoms with Crippen LogP contribution in [0.2, 0.25) is 0 Å². The highest BCUT2D eigenvalue weighted by Gasteiger charge is 2.46. The van der Waals surface area contributed by atoms with Gasteiger partial charge in [0.1, 0.15) is 23.4 Å². The first-order chi connectivity index (χ1) is 14.8. The third kappa shape index (κ3) is 4.09. The highest BCUT2D eigenvalue weighted by Crippen LogP contribution is 2.44. The van der Waals surface area contributed by atoms with E-state index in [0.29, 0.717) is 6.42 Å². The summed E-state index contributed by atoms with van der Waals surface area (Å²) in [6.45, 7) is 0. The third-order valence-corrected chi connectivity index (χ3v) is 6.16. The number of aromatic nitrogens is 1. The van der Waals surface area contributed by atoms with E-state index < -0.39 is 40.9 Å². The summed E-state index contributed by atoms with van der Waals surface area (Å²) in [5.74, 6) is -2.90. The third-order valence-electron chi connectivity index (χ3n) is 5.54. The molecule has 1 aliphatic heterocycles. The molecular weight excluding hydrogens is 429 g/mol. The number of nitrogens with zero attached hydrogens (tertiary/aromatic N) is 2. The SMILES string of the molecule is NC(=O)C1=CCC(F)(c2csnc2OC2CCCC(N)C2)C(c2c(F)cccc2F)=N1. The van der Waals surface area contributed by atoms with Gasteiger partial charge in [-0.2, -0.15) is 4.37 Å². The van der Waals surface area contributed by atoms with E-state index in [0.717, 1.165) is 49.0 Å². The Balaban J connectivity index is 1.78. The lowest BCUT2D eigenvalue weighted by Gasteiger charge is -2.31. The molecule has 3 unspecified atom stereocenters. The highest BCUT2D eigenvalue weighted by atomic mass is 32.1. The van der Waals surface area contributed by atoms with Gasteiger partial charge in [-0.15, -0.1) is 0 Å². The van der Waals surface area contributed by atoms with E-state index >= 15 is 4.39 Å². The van der Waals surface area contributed by atoms with Crippen LogP contribution in [0.3, 0.4) is 0 Å². The molecule has 4 N–H and O–H groups in total. The zero-order valence-electron chi connectivity index (χ0n) is 16.5. The van der Waals surface area contributed by atoms with E-state index in [-0.39, 0.29) is 29.3 Å². The number of nitrogens with two attached hydrogens (primary N) is 2. The van der Waals surface area contributed by atoms with Crippen LogP contribution in [0.4, 0.5) is 13.2 Å². The maximum Gasteiger partial charge on any atom is 0.266 e. The normalized spacial score (nSPS) is 26.2. The molecule has 1 aromatic carbocycles. The summed E-state index contributed by atoms with van der Waals surface area (Å²) in [6, 6.07) is 3.14. The van der Waals surface area contributed by atoms with Gasteiger partial charge in [-0.05, 0) is 55.4 Å². The molecule has 2 aliphatic rings. The van der Waals surface area contributed by atoms with Crippen LogP contribution in [0.25, 0.3) is 0 Å². The van der Waals surface area contributed by atoms with Crippen molar-refractivity contribution >= 4 is 23.2 Å². The number of carbonyl (C=O) groups excluding carboxylic acids is 1. The summed E-state index contributed by atoms with van der Waals surface area (Å²) in [5, 5.41) is 1.43. The Bertz CT molecular complexity index is 1050. The number of ether oxygens (including phenoxy) is 1. The summed E-state index contributed by atoms with van der Waals surface area (Å²) < 4.78 is 55.9. The Morgan fingerprint density at radius 3 is 2.68 bits per heavy atom. The van der Waals surface area contributed by atoms with Gasteiger partial charge in [-0.1, -0.05) is 6.07 Å². The van der Waals surface area contributed by atoms with Gasteiger partial charge in [0.25, 0.3) is 5.91 Å². The first-order valence-corrected chi connectivity index (χ1v) is 10.7. The van der Waals surface area contributed by atoms with Crippen molar-refractivity contribution in [2.24, 2.45) is 16.5 Å². The smallest absolute Gasteiger partial charge is 0.266 e. The lowest BCUT2D eigenvalue weighted by atomic mass is 9.83. The van der Waals surface area contributed by atoms with E-state index in [2.05, 4.69) is 9.37 Å². The Labute approximate surface area is 181 Å². The number of hydrogen-bond acceptors (Lipinski definition) is 6. The maximum absolute atomic E-state index is 16.6. The number of benzene rings is 1. The van der Waals surface area contributed by atoms with Crippen molar-refractivity contribution in [2.45, 2.75) is 49.9 Å². The maximum atomic E-state index is 16.6. The van der Waals surface area contributed by atoms with Crippen molar-refractivity contribution in [1.29, 1.82) is 0 Å². The Morgan fingerprint density at radius 2 is 2.00 bits per heavy atom. The molecule has 10 heteroatoms. The van der Waals surface area contributed by atoms with Gasteiger partial charge in [0, 0.05) is 17.8 Å². The molecule has 1 aromatic heterocycles. The molecule has 0 spiro atoms. The van der Waals surface area contributed by atoms with Crippen LogP contribution < -0.4 is 16.2 Å². The second kappa shape index (κ2) is 8.43. The van der Waals surface area contributed by atoms with Gasteiger partial charge in [0.2, 0.25) is 5.88 Å². The zero-order valence-corrected chi connectivity index (χ0v) is 17.3. The summed E-state index contributed by atoms with van der Waals surface area (Å²) in [5.41, 5.74) is 7.32. The van der Waals surface area contributed by atoms with E-state index in [1.807, 2.05) is 0 Å². The van der Waals surface area contributed by atoms with Crippen LogP contribution in [0.5, 0.6) is 5.88 Å². The first-order valence-electron chi connectivity index (χ1n) is 9.89. The minimum Gasteiger partial charge on any atom is -0.473 e. The van der Waals surface area contributed by atoms with Crippen molar-refractivity contribution in [3.05, 3.63) is 58.1 Å². The largest absolute Gasteiger partial charge is 0.473 e. The molecule has 4 rings (SSSR count). The highest BCUT2D eigenvalue weighted by molar-refractivity contribution is 7.03. The van der Waals surface area contributed by atoms with Gasteiger partial charge in [-0.25, -0.2) is 18.2 Å². The number of halogens is 3. The van der Waals surface area contributed by atoms with Crippen LogP contribution >= 0.6 is 11.5 Å². The number of primary amides is 1. The number of allylic oxidation sites excluding steroid dienone is 1. The van der Waals surface area contributed by atoms with Gasteiger partial charge in [0.15, 0.2) is 5.67 Å². The Hall–Kier alpha value is -2.72. The number of aliphatic imine (C=N–C) groups is 1. The van der Waals surface area contributed by atoms with E-state index in [4.69, 9.17) is 16.2 Å². The minimum absolute atomic E-state index is 0.00202. The molecule has 1 amide bonds. The fourth-order valence-corrected chi connectivity index (χ4v) is 4.66. The number of rotatable bonds is 5. The van der Waals surface area contributed by atoms with Crippen molar-refractivity contribution < 1.29 is 22.7 Å². The molecule has 164 valence electrons. The second-order valence-electron chi connectivity index (χ2n) is 7.72. The number of amides is 1.